The normalized spacial score (nSPS) is 22.8. The molecule has 2 aromatic heterocycles. The van der Waals surface area contributed by atoms with Gasteiger partial charge >= 0.3 is 6.01 Å². The molecule has 220 valence electrons. The van der Waals surface area contributed by atoms with E-state index in [1.807, 2.05) is 4.90 Å². The van der Waals surface area contributed by atoms with Crippen LogP contribution in [0.2, 0.25) is 5.02 Å². The summed E-state index contributed by atoms with van der Waals surface area (Å²) in [6, 6.07) is 5.96. The minimum Gasteiger partial charge on any atom is -0.461 e. The highest BCUT2D eigenvalue weighted by molar-refractivity contribution is 7.22. The van der Waals surface area contributed by atoms with Crippen LogP contribution in [0.4, 0.5) is 24.0 Å². The van der Waals surface area contributed by atoms with Gasteiger partial charge in [0, 0.05) is 55.5 Å². The second-order valence-corrected chi connectivity index (χ2v) is 12.7. The molecular weight excluding hydrogens is 589 g/mol. The first-order chi connectivity index (χ1) is 20.3. The van der Waals surface area contributed by atoms with Crippen LogP contribution in [0, 0.1) is 11.6 Å². The number of alkyl halides is 1. The monoisotopic (exact) mass is 616 g/mol. The smallest absolute Gasteiger partial charge is 0.319 e. The number of rotatable bonds is 6. The van der Waals surface area contributed by atoms with Crippen LogP contribution >= 0.6 is 22.9 Å². The second-order valence-electron chi connectivity index (χ2n) is 11.3. The fraction of sp³-hybridized carbons (Fsp3) is 0.414. The molecule has 2 N–H and O–H groups in total. The zero-order valence-electron chi connectivity index (χ0n) is 22.6. The third-order valence-corrected chi connectivity index (χ3v) is 10.0. The lowest BCUT2D eigenvalue weighted by molar-refractivity contribution is -0.118. The van der Waals surface area contributed by atoms with Crippen LogP contribution in [0.3, 0.4) is 0 Å². The van der Waals surface area contributed by atoms with Crippen LogP contribution in [0.5, 0.6) is 6.01 Å². The molecule has 5 heterocycles. The minimum absolute atomic E-state index is 0.00321. The predicted molar refractivity (Wildman–Crippen MR) is 158 cm³/mol. The maximum absolute atomic E-state index is 16.6. The van der Waals surface area contributed by atoms with E-state index < -0.39 is 23.3 Å². The SMILES string of the molecule is Nc1cc2c(-c3c(Cl)cc4c(N5CCN(C=O)CC5)nc(OC[C@@]56CCCN5C[C@H](F)C6)nc4c3F)ccc(F)c2s1. The summed E-state index contributed by atoms with van der Waals surface area (Å²) in [7, 11) is 0. The van der Waals surface area contributed by atoms with Crippen molar-refractivity contribution in [3.8, 4) is 17.1 Å². The van der Waals surface area contributed by atoms with Gasteiger partial charge < -0.3 is 20.3 Å². The van der Waals surface area contributed by atoms with Crippen molar-refractivity contribution in [2.75, 3.05) is 56.5 Å². The molecular formula is C29H28ClF3N6O2S. The molecule has 1 amide bonds. The molecule has 42 heavy (non-hydrogen) atoms. The molecule has 3 aliphatic rings. The number of nitrogens with zero attached hydrogens (tertiary/aromatic N) is 5. The molecule has 0 unspecified atom stereocenters. The zero-order valence-corrected chi connectivity index (χ0v) is 24.2. The molecule has 0 saturated carbocycles. The molecule has 2 atom stereocenters. The van der Waals surface area contributed by atoms with Crippen LogP contribution in [0.1, 0.15) is 19.3 Å². The molecule has 8 nitrogen and oxygen atoms in total. The number of anilines is 2. The summed E-state index contributed by atoms with van der Waals surface area (Å²) in [5.74, 6) is -0.710. The topological polar surface area (TPSA) is 87.8 Å². The average Bonchev–Trinajstić information content (AvgIpc) is 3.65. The van der Waals surface area contributed by atoms with Crippen molar-refractivity contribution in [2.45, 2.75) is 31.0 Å². The standard InChI is InChI=1S/C29H28ClF3N6O2S/c30-20-10-19-25(24(33)23(20)17-2-3-21(32)26-18(17)11-22(34)42-26)35-28(36-27(19)38-8-6-37(15-40)7-9-38)41-14-29-4-1-5-39(29)13-16(31)12-29/h2-3,10-11,15-16H,1,4-9,12-14,34H2/t16-,29+/m1/s1. The van der Waals surface area contributed by atoms with Crippen molar-refractivity contribution in [1.82, 2.24) is 19.8 Å². The number of hydrogen-bond acceptors (Lipinski definition) is 8. The number of benzene rings is 2. The van der Waals surface area contributed by atoms with Crippen LogP contribution in [-0.2, 0) is 4.79 Å². The van der Waals surface area contributed by atoms with Gasteiger partial charge in [-0.1, -0.05) is 17.7 Å². The van der Waals surface area contributed by atoms with Gasteiger partial charge in [-0.3, -0.25) is 9.69 Å². The summed E-state index contributed by atoms with van der Waals surface area (Å²) in [6.07, 6.45) is 2.02. The van der Waals surface area contributed by atoms with E-state index in [0.717, 1.165) is 37.1 Å². The molecule has 13 heteroatoms. The third kappa shape index (κ3) is 4.51. The van der Waals surface area contributed by atoms with E-state index in [4.69, 9.17) is 27.1 Å². The van der Waals surface area contributed by atoms with Crippen LogP contribution in [-0.4, -0.2) is 83.8 Å². The number of nitrogens with two attached hydrogens (primary N) is 1. The number of hydrogen-bond donors (Lipinski definition) is 1. The van der Waals surface area contributed by atoms with E-state index in [9.17, 15) is 13.6 Å². The van der Waals surface area contributed by atoms with E-state index >= 15 is 4.39 Å². The number of carbonyl (C=O) groups is 1. The number of fused-ring (bicyclic) bond motifs is 3. The van der Waals surface area contributed by atoms with E-state index in [2.05, 4.69) is 9.88 Å². The predicted octanol–water partition coefficient (Wildman–Crippen LogP) is 5.26. The lowest BCUT2D eigenvalue weighted by Crippen LogP contribution is -2.46. The van der Waals surface area contributed by atoms with E-state index in [0.29, 0.717) is 71.0 Å². The number of thiophene rings is 1. The molecule has 3 fully saturated rings. The Morgan fingerprint density at radius 3 is 2.74 bits per heavy atom. The van der Waals surface area contributed by atoms with E-state index in [-0.39, 0.29) is 28.7 Å². The number of carbonyl (C=O) groups excluding carboxylic acids is 1. The Morgan fingerprint density at radius 2 is 1.95 bits per heavy atom. The van der Waals surface area contributed by atoms with Gasteiger partial charge in [0.1, 0.15) is 29.9 Å². The Balaban J connectivity index is 1.35. The van der Waals surface area contributed by atoms with Crippen LogP contribution < -0.4 is 15.4 Å². The molecule has 4 aromatic rings. The first-order valence-corrected chi connectivity index (χ1v) is 15.1. The maximum Gasteiger partial charge on any atom is 0.319 e. The van der Waals surface area contributed by atoms with Gasteiger partial charge in [-0.15, -0.1) is 11.3 Å². The lowest BCUT2D eigenvalue weighted by atomic mass is 9.95. The summed E-state index contributed by atoms with van der Waals surface area (Å²) in [4.78, 5) is 26.3. The lowest BCUT2D eigenvalue weighted by Gasteiger charge is -2.34. The van der Waals surface area contributed by atoms with Crippen molar-refractivity contribution < 1.29 is 22.7 Å². The second kappa shape index (κ2) is 10.4. The summed E-state index contributed by atoms with van der Waals surface area (Å²) in [6.45, 7) is 3.27. The highest BCUT2D eigenvalue weighted by Crippen LogP contribution is 2.44. The quantitative estimate of drug-likeness (QED) is 0.296. The van der Waals surface area contributed by atoms with E-state index in [1.165, 1.54) is 12.1 Å². The van der Waals surface area contributed by atoms with Gasteiger partial charge in [-0.05, 0) is 43.1 Å². The Kier molecular flexibility index (Phi) is 6.82. The molecule has 2 aromatic carbocycles. The molecule has 0 radical (unpaired) electrons. The van der Waals surface area contributed by atoms with Crippen molar-refractivity contribution >= 4 is 61.2 Å². The fourth-order valence-electron chi connectivity index (χ4n) is 6.73. The van der Waals surface area contributed by atoms with Crippen LogP contribution in [0.25, 0.3) is 32.1 Å². The number of amides is 1. The first-order valence-electron chi connectivity index (χ1n) is 13.9. The Labute approximate surface area is 248 Å². The summed E-state index contributed by atoms with van der Waals surface area (Å²) in [5.41, 5.74) is 6.01. The Bertz CT molecular complexity index is 1710. The van der Waals surface area contributed by atoms with Crippen LogP contribution in [0.15, 0.2) is 24.3 Å². The number of halogens is 4. The number of aromatic nitrogens is 2. The molecule has 0 spiro atoms. The minimum atomic E-state index is -0.920. The van der Waals surface area contributed by atoms with Gasteiger partial charge in [0.15, 0.2) is 5.82 Å². The fourth-order valence-corrected chi connectivity index (χ4v) is 7.88. The van der Waals surface area contributed by atoms with Gasteiger partial charge in [0.05, 0.1) is 20.3 Å². The molecule has 7 rings (SSSR count). The molecule has 3 saturated heterocycles. The van der Waals surface area contributed by atoms with Crippen molar-refractivity contribution in [1.29, 1.82) is 0 Å². The Morgan fingerprint density at radius 1 is 1.14 bits per heavy atom. The van der Waals surface area contributed by atoms with Gasteiger partial charge in [-0.2, -0.15) is 9.97 Å². The van der Waals surface area contributed by atoms with Gasteiger partial charge in [0.25, 0.3) is 0 Å². The Hall–Kier alpha value is -3.35. The third-order valence-electron chi connectivity index (χ3n) is 8.76. The maximum atomic E-state index is 16.6. The van der Waals surface area contributed by atoms with E-state index in [1.54, 1.807) is 17.0 Å². The van der Waals surface area contributed by atoms with Crippen molar-refractivity contribution in [3.05, 3.63) is 40.9 Å². The molecule has 3 aliphatic heterocycles. The number of nitrogen functional groups attached to an aromatic ring is 1. The van der Waals surface area contributed by atoms with Crippen molar-refractivity contribution in [3.63, 3.8) is 0 Å². The molecule has 0 aliphatic carbocycles. The van der Waals surface area contributed by atoms with Gasteiger partial charge in [0.2, 0.25) is 6.41 Å². The van der Waals surface area contributed by atoms with Crippen molar-refractivity contribution in [2.24, 2.45) is 0 Å². The summed E-state index contributed by atoms with van der Waals surface area (Å²) >= 11 is 7.82. The highest BCUT2D eigenvalue weighted by Gasteiger charge is 2.49. The number of piperazine rings is 1. The first kappa shape index (κ1) is 27.5. The number of ether oxygens (including phenoxy) is 1. The average molecular weight is 617 g/mol. The summed E-state index contributed by atoms with van der Waals surface area (Å²) < 4.78 is 52.0. The molecule has 0 bridgehead atoms. The largest absolute Gasteiger partial charge is 0.461 e. The zero-order chi connectivity index (χ0) is 29.2. The summed E-state index contributed by atoms with van der Waals surface area (Å²) in [5, 5.41) is 1.35. The van der Waals surface area contributed by atoms with Gasteiger partial charge in [-0.25, -0.2) is 13.2 Å². The highest BCUT2D eigenvalue weighted by atomic mass is 35.5.